The predicted molar refractivity (Wildman–Crippen MR) is 75.3 cm³/mol. The summed E-state index contributed by atoms with van der Waals surface area (Å²) in [6.45, 7) is 1.87. The van der Waals surface area contributed by atoms with Crippen LogP contribution in [0.4, 0.5) is 5.69 Å². The molecule has 4 N–H and O–H groups in total. The first-order valence-corrected chi connectivity index (χ1v) is 7.95. The van der Waals surface area contributed by atoms with Crippen LogP contribution >= 0.6 is 15.9 Å². The van der Waals surface area contributed by atoms with Gasteiger partial charge >= 0.3 is 0 Å². The Morgan fingerprint density at radius 2 is 2.21 bits per heavy atom. The Morgan fingerprint density at radius 1 is 1.53 bits per heavy atom. The molecule has 0 aromatic heterocycles. The third-order valence-corrected chi connectivity index (χ3v) is 5.05. The van der Waals surface area contributed by atoms with Gasteiger partial charge in [-0.05, 0) is 40.5 Å². The van der Waals surface area contributed by atoms with E-state index in [0.717, 1.165) is 0 Å². The van der Waals surface area contributed by atoms with Crippen LogP contribution in [-0.4, -0.2) is 26.9 Å². The van der Waals surface area contributed by atoms with E-state index in [1.165, 1.54) is 6.07 Å². The summed E-state index contributed by atoms with van der Waals surface area (Å²) in [5.74, 6) is -0.139. The zero-order chi connectivity index (χ0) is 14.2. The van der Waals surface area contributed by atoms with Gasteiger partial charge < -0.3 is 11.1 Å². The lowest BCUT2D eigenvalue weighted by Crippen LogP contribution is -2.35. The van der Waals surface area contributed by atoms with E-state index in [9.17, 15) is 13.2 Å². The molecule has 0 bridgehead atoms. The smallest absolute Gasteiger partial charge is 0.241 e. The molecule has 0 saturated heterocycles. The number of nitrogens with two attached hydrogens (primary N) is 1. The molecule has 1 unspecified atom stereocenters. The largest absolute Gasteiger partial charge is 0.327 e. The maximum atomic E-state index is 12.1. The van der Waals surface area contributed by atoms with Crippen molar-refractivity contribution in [3.05, 3.63) is 22.2 Å². The molecule has 0 spiro atoms. The molecule has 1 aliphatic rings. The Kier molecular flexibility index (Phi) is 3.95. The van der Waals surface area contributed by atoms with Crippen molar-refractivity contribution < 1.29 is 13.2 Å². The van der Waals surface area contributed by atoms with Gasteiger partial charge in [-0.25, -0.2) is 13.1 Å². The van der Waals surface area contributed by atoms with Crippen molar-refractivity contribution in [1.29, 1.82) is 0 Å². The lowest BCUT2D eigenvalue weighted by Gasteiger charge is -2.11. The van der Waals surface area contributed by atoms with Gasteiger partial charge in [0.25, 0.3) is 0 Å². The standard InChI is InChI=1S/C11H14BrN3O3S/c1-6(13)5-14-19(17,18)10-2-7-3-11(16)15-9(7)4-8(10)12/h2,4,6,14H,3,5,13H2,1H3,(H,15,16). The SMILES string of the molecule is CC(N)CNS(=O)(=O)c1cc2c(cc1Br)NC(=O)C2. The number of halogens is 1. The van der Waals surface area contributed by atoms with Crippen LogP contribution in [0.15, 0.2) is 21.5 Å². The summed E-state index contributed by atoms with van der Waals surface area (Å²) < 4.78 is 27.1. The van der Waals surface area contributed by atoms with Crippen LogP contribution in [0, 0.1) is 0 Å². The van der Waals surface area contributed by atoms with Gasteiger partial charge in [-0.15, -0.1) is 0 Å². The first-order chi connectivity index (χ1) is 8.79. The maximum absolute atomic E-state index is 12.1. The second-order valence-corrected chi connectivity index (χ2v) is 7.08. The van der Waals surface area contributed by atoms with Gasteiger partial charge in [0, 0.05) is 22.7 Å². The molecule has 2 rings (SSSR count). The van der Waals surface area contributed by atoms with Gasteiger partial charge in [0.2, 0.25) is 15.9 Å². The van der Waals surface area contributed by atoms with Crippen molar-refractivity contribution in [3.8, 4) is 0 Å². The zero-order valence-electron chi connectivity index (χ0n) is 10.2. The van der Waals surface area contributed by atoms with Crippen molar-refractivity contribution in [3.63, 3.8) is 0 Å². The second kappa shape index (κ2) is 5.20. The molecule has 1 aliphatic heterocycles. The number of fused-ring (bicyclic) bond motifs is 1. The number of benzene rings is 1. The molecule has 6 nitrogen and oxygen atoms in total. The summed E-state index contributed by atoms with van der Waals surface area (Å²) in [5.41, 5.74) is 6.85. The fourth-order valence-corrected chi connectivity index (χ4v) is 3.98. The number of carbonyl (C=O) groups is 1. The summed E-state index contributed by atoms with van der Waals surface area (Å²) in [4.78, 5) is 11.4. The highest BCUT2D eigenvalue weighted by Gasteiger charge is 2.24. The van der Waals surface area contributed by atoms with Gasteiger partial charge in [-0.3, -0.25) is 4.79 Å². The normalized spacial score (nSPS) is 16.1. The summed E-state index contributed by atoms with van der Waals surface area (Å²) in [6, 6.07) is 2.83. The van der Waals surface area contributed by atoms with Crippen LogP contribution in [0.5, 0.6) is 0 Å². The molecule has 0 radical (unpaired) electrons. The topological polar surface area (TPSA) is 101 Å². The zero-order valence-corrected chi connectivity index (χ0v) is 12.6. The van der Waals surface area contributed by atoms with E-state index < -0.39 is 10.0 Å². The Morgan fingerprint density at radius 3 is 2.84 bits per heavy atom. The minimum Gasteiger partial charge on any atom is -0.327 e. The highest BCUT2D eigenvalue weighted by Crippen LogP contribution is 2.32. The summed E-state index contributed by atoms with van der Waals surface area (Å²) in [5, 5.41) is 2.66. The fraction of sp³-hybridized carbons (Fsp3) is 0.364. The monoisotopic (exact) mass is 347 g/mol. The van der Waals surface area contributed by atoms with Crippen molar-refractivity contribution in [2.75, 3.05) is 11.9 Å². The molecule has 1 heterocycles. The van der Waals surface area contributed by atoms with Crippen molar-refractivity contribution in [2.45, 2.75) is 24.3 Å². The highest BCUT2D eigenvalue weighted by molar-refractivity contribution is 9.10. The van der Waals surface area contributed by atoms with E-state index in [0.29, 0.717) is 15.7 Å². The minimum absolute atomic E-state index is 0.114. The number of hydrogen-bond acceptors (Lipinski definition) is 4. The Hall–Kier alpha value is -0.960. The van der Waals surface area contributed by atoms with Crippen LogP contribution in [-0.2, 0) is 21.2 Å². The average Bonchev–Trinajstić information content (AvgIpc) is 2.64. The maximum Gasteiger partial charge on any atom is 0.241 e. The third-order valence-electron chi connectivity index (χ3n) is 2.67. The van der Waals surface area contributed by atoms with E-state index in [1.807, 2.05) is 0 Å². The van der Waals surface area contributed by atoms with Crippen LogP contribution in [0.25, 0.3) is 0 Å². The van der Waals surface area contributed by atoms with E-state index in [-0.39, 0.29) is 29.8 Å². The van der Waals surface area contributed by atoms with Crippen LogP contribution < -0.4 is 15.8 Å². The number of rotatable bonds is 4. The molecule has 1 atom stereocenters. The predicted octanol–water partition coefficient (Wildman–Crippen LogP) is 0.569. The molecule has 0 saturated carbocycles. The van der Waals surface area contributed by atoms with Gasteiger partial charge in [0.1, 0.15) is 0 Å². The molecule has 19 heavy (non-hydrogen) atoms. The lowest BCUT2D eigenvalue weighted by molar-refractivity contribution is -0.115. The summed E-state index contributed by atoms with van der Waals surface area (Å²) in [6.07, 6.45) is 0.193. The Labute approximate surface area is 119 Å². The molecule has 0 aliphatic carbocycles. The van der Waals surface area contributed by atoms with Crippen LogP contribution in [0.1, 0.15) is 12.5 Å². The van der Waals surface area contributed by atoms with Crippen LogP contribution in [0.3, 0.4) is 0 Å². The Bertz CT molecular complexity index is 628. The average molecular weight is 348 g/mol. The van der Waals surface area contributed by atoms with Crippen molar-refractivity contribution >= 4 is 37.5 Å². The molecule has 0 fully saturated rings. The van der Waals surface area contributed by atoms with Crippen molar-refractivity contribution in [1.82, 2.24) is 4.72 Å². The van der Waals surface area contributed by atoms with E-state index in [2.05, 4.69) is 26.0 Å². The molecule has 1 aromatic rings. The summed E-state index contributed by atoms with van der Waals surface area (Å²) >= 11 is 3.21. The number of anilines is 1. The quantitative estimate of drug-likeness (QED) is 0.740. The first kappa shape index (κ1) is 14.4. The third kappa shape index (κ3) is 3.14. The number of hydrogen-bond donors (Lipinski definition) is 3. The fourth-order valence-electron chi connectivity index (χ4n) is 1.75. The highest BCUT2D eigenvalue weighted by atomic mass is 79.9. The molecule has 1 amide bonds. The van der Waals surface area contributed by atoms with E-state index in [4.69, 9.17) is 5.73 Å². The number of nitrogens with one attached hydrogen (secondary N) is 2. The number of sulfonamides is 1. The Balaban J connectivity index is 2.36. The van der Waals surface area contributed by atoms with E-state index >= 15 is 0 Å². The van der Waals surface area contributed by atoms with Gasteiger partial charge in [0.15, 0.2) is 0 Å². The van der Waals surface area contributed by atoms with Gasteiger partial charge in [-0.1, -0.05) is 0 Å². The van der Waals surface area contributed by atoms with Crippen LogP contribution in [0.2, 0.25) is 0 Å². The lowest BCUT2D eigenvalue weighted by atomic mass is 10.2. The van der Waals surface area contributed by atoms with Gasteiger partial charge in [-0.2, -0.15) is 0 Å². The van der Waals surface area contributed by atoms with Gasteiger partial charge in [0.05, 0.1) is 11.3 Å². The molecule has 8 heteroatoms. The molecule has 104 valence electrons. The first-order valence-electron chi connectivity index (χ1n) is 5.67. The van der Waals surface area contributed by atoms with E-state index in [1.54, 1.807) is 13.0 Å². The van der Waals surface area contributed by atoms with Crippen molar-refractivity contribution in [2.24, 2.45) is 5.73 Å². The minimum atomic E-state index is -3.64. The number of amides is 1. The second-order valence-electron chi connectivity index (χ2n) is 4.49. The number of carbonyl (C=O) groups excluding carboxylic acids is 1. The molecular weight excluding hydrogens is 334 g/mol. The summed E-state index contributed by atoms with van der Waals surface area (Å²) in [7, 11) is -3.64. The molecular formula is C11H14BrN3O3S. The molecule has 1 aromatic carbocycles.